The van der Waals surface area contributed by atoms with Crippen molar-refractivity contribution in [1.29, 1.82) is 5.41 Å². The third-order valence-electron chi connectivity index (χ3n) is 6.14. The van der Waals surface area contributed by atoms with Crippen molar-refractivity contribution in [2.45, 2.75) is 38.3 Å². The number of amides is 1. The summed E-state index contributed by atoms with van der Waals surface area (Å²) in [4.78, 5) is 26.8. The first-order chi connectivity index (χ1) is 16.0. The Kier molecular flexibility index (Phi) is 5.35. The predicted octanol–water partition coefficient (Wildman–Crippen LogP) is 3.49. The zero-order chi connectivity index (χ0) is 23.1. The van der Waals surface area contributed by atoms with Crippen LogP contribution in [0.3, 0.4) is 0 Å². The number of alkyl halides is 2. The summed E-state index contributed by atoms with van der Waals surface area (Å²) >= 11 is 0. The van der Waals surface area contributed by atoms with Crippen LogP contribution in [0.1, 0.15) is 48.0 Å². The number of nitrogens with one attached hydrogen (secondary N) is 2. The first kappa shape index (κ1) is 21.2. The molecule has 8 nitrogen and oxygen atoms in total. The van der Waals surface area contributed by atoms with Crippen molar-refractivity contribution >= 4 is 29.2 Å². The molecule has 2 N–H and O–H groups in total. The summed E-state index contributed by atoms with van der Waals surface area (Å²) in [6.45, 7) is 1.70. The molecule has 0 unspecified atom stereocenters. The Morgan fingerprint density at radius 1 is 1.30 bits per heavy atom. The number of allylic oxidation sites excluding steroid dienone is 1. The molecule has 0 spiro atoms. The van der Waals surface area contributed by atoms with Gasteiger partial charge in [-0.15, -0.1) is 0 Å². The summed E-state index contributed by atoms with van der Waals surface area (Å²) in [5, 5.41) is 10.9. The molecular formula is C23H23F2N7O. The van der Waals surface area contributed by atoms with Crippen molar-refractivity contribution in [2.75, 3.05) is 13.6 Å². The second-order valence-electron chi connectivity index (χ2n) is 8.26. The Labute approximate surface area is 188 Å². The van der Waals surface area contributed by atoms with Crippen LogP contribution in [0, 0.1) is 5.41 Å². The lowest BCUT2D eigenvalue weighted by Gasteiger charge is -2.26. The van der Waals surface area contributed by atoms with Crippen LogP contribution in [-0.4, -0.2) is 50.6 Å². The van der Waals surface area contributed by atoms with Gasteiger partial charge in [0.2, 0.25) is 6.41 Å². The fourth-order valence-corrected chi connectivity index (χ4v) is 4.40. The number of imidazole rings is 1. The molecule has 5 rings (SSSR count). The molecule has 0 atom stereocenters. The first-order valence-electron chi connectivity index (χ1n) is 10.8. The van der Waals surface area contributed by atoms with Crippen molar-refractivity contribution in [2.24, 2.45) is 0 Å². The van der Waals surface area contributed by atoms with Gasteiger partial charge in [-0.25, -0.2) is 23.7 Å². The lowest BCUT2D eigenvalue weighted by molar-refractivity contribution is -0.119. The van der Waals surface area contributed by atoms with Crippen LogP contribution in [0.25, 0.3) is 27.9 Å². The van der Waals surface area contributed by atoms with Gasteiger partial charge in [0.15, 0.2) is 5.65 Å². The summed E-state index contributed by atoms with van der Waals surface area (Å²) in [5.41, 5.74) is 2.53. The lowest BCUT2D eigenvalue weighted by atomic mass is 10.0. The van der Waals surface area contributed by atoms with Crippen LogP contribution < -0.4 is 5.32 Å². The summed E-state index contributed by atoms with van der Waals surface area (Å²) in [6, 6.07) is 3.17. The van der Waals surface area contributed by atoms with Crippen molar-refractivity contribution in [1.82, 2.24) is 29.7 Å². The van der Waals surface area contributed by atoms with E-state index in [2.05, 4.69) is 19.9 Å². The molecule has 33 heavy (non-hydrogen) atoms. The van der Waals surface area contributed by atoms with E-state index in [1.807, 2.05) is 0 Å². The number of carbonyl (C=O) groups excluding carboxylic acids is 1. The molecule has 0 radical (unpaired) electrons. The van der Waals surface area contributed by atoms with Crippen LogP contribution >= 0.6 is 0 Å². The normalized spacial score (nSPS) is 16.2. The van der Waals surface area contributed by atoms with E-state index in [0.717, 1.165) is 37.0 Å². The quantitative estimate of drug-likeness (QED) is 0.423. The Morgan fingerprint density at radius 3 is 2.79 bits per heavy atom. The van der Waals surface area contributed by atoms with Crippen LogP contribution in [0.15, 0.2) is 24.5 Å². The van der Waals surface area contributed by atoms with Crippen molar-refractivity contribution in [3.63, 3.8) is 0 Å². The Balaban J connectivity index is 1.73. The molecule has 1 amide bonds. The minimum Gasteiger partial charge on any atom is -0.393 e. The van der Waals surface area contributed by atoms with Crippen LogP contribution in [0.4, 0.5) is 8.78 Å². The van der Waals surface area contributed by atoms with Crippen LogP contribution in [0.5, 0.6) is 0 Å². The number of halogens is 2. The molecule has 1 fully saturated rings. The molecule has 4 heterocycles. The Morgan fingerprint density at radius 2 is 2.12 bits per heavy atom. The molecule has 10 heteroatoms. The molecule has 1 saturated carbocycles. The minimum absolute atomic E-state index is 0.0177. The van der Waals surface area contributed by atoms with E-state index in [0.29, 0.717) is 47.8 Å². The van der Waals surface area contributed by atoms with E-state index in [-0.39, 0.29) is 16.8 Å². The maximum absolute atomic E-state index is 14.1. The topological polar surface area (TPSA) is 99.8 Å². The molecular weight excluding hydrogens is 428 g/mol. The number of fused-ring (bicyclic) bond motifs is 2. The van der Waals surface area contributed by atoms with Crippen LogP contribution in [-0.2, 0) is 17.9 Å². The average Bonchev–Trinajstić information content (AvgIpc) is 3.61. The molecule has 1 aliphatic heterocycles. The van der Waals surface area contributed by atoms with Gasteiger partial charge in [-0.2, -0.15) is 0 Å². The highest BCUT2D eigenvalue weighted by Gasteiger charge is 2.34. The van der Waals surface area contributed by atoms with Gasteiger partial charge in [0.1, 0.15) is 5.82 Å². The highest BCUT2D eigenvalue weighted by Crippen LogP contribution is 2.43. The second-order valence-corrected chi connectivity index (χ2v) is 8.26. The second kappa shape index (κ2) is 8.34. The minimum atomic E-state index is -2.78. The summed E-state index contributed by atoms with van der Waals surface area (Å²) < 4.78 is 30.3. The van der Waals surface area contributed by atoms with Gasteiger partial charge in [0.05, 0.1) is 23.6 Å². The van der Waals surface area contributed by atoms with E-state index in [9.17, 15) is 13.6 Å². The maximum atomic E-state index is 14.1. The molecule has 0 aromatic carbocycles. The molecule has 3 aromatic rings. The van der Waals surface area contributed by atoms with E-state index >= 15 is 0 Å². The van der Waals surface area contributed by atoms with E-state index < -0.39 is 6.43 Å². The number of nitrogens with zero attached hydrogens (tertiary/aromatic N) is 5. The maximum Gasteiger partial charge on any atom is 0.265 e. The highest BCUT2D eigenvalue weighted by atomic mass is 19.3. The zero-order valence-electron chi connectivity index (χ0n) is 18.1. The van der Waals surface area contributed by atoms with Crippen molar-refractivity contribution in [3.8, 4) is 11.3 Å². The summed E-state index contributed by atoms with van der Waals surface area (Å²) in [5.74, 6) is 1.40. The van der Waals surface area contributed by atoms with Crippen molar-refractivity contribution < 1.29 is 13.6 Å². The smallest absolute Gasteiger partial charge is 0.265 e. The fourth-order valence-electron chi connectivity index (χ4n) is 4.40. The molecule has 0 bridgehead atoms. The van der Waals surface area contributed by atoms with E-state index in [4.69, 9.17) is 10.4 Å². The van der Waals surface area contributed by atoms with E-state index in [1.165, 1.54) is 12.3 Å². The molecule has 1 aliphatic carbocycles. The van der Waals surface area contributed by atoms with Gasteiger partial charge in [-0.1, -0.05) is 0 Å². The number of pyridine rings is 2. The molecule has 2 aliphatic rings. The fraction of sp³-hybridized carbons (Fsp3) is 0.348. The number of aromatic nitrogens is 4. The van der Waals surface area contributed by atoms with Crippen molar-refractivity contribution in [3.05, 3.63) is 47.3 Å². The number of hydrogen-bond acceptors (Lipinski definition) is 6. The predicted molar refractivity (Wildman–Crippen MR) is 120 cm³/mol. The zero-order valence-corrected chi connectivity index (χ0v) is 18.1. The summed E-state index contributed by atoms with van der Waals surface area (Å²) in [6.07, 6.45) is 4.24. The number of rotatable bonds is 7. The third-order valence-corrected chi connectivity index (χ3v) is 6.14. The highest BCUT2D eigenvalue weighted by molar-refractivity contribution is 6.09. The standard InChI is InChI=1S/C23H23F2N7O/c1-27-10-14(9-26)19-17(21(24)25)8-16-15(4-5-28-22(16)29-19)20-18-11-31(12-33)6-7-32(18)23(30-20)13-2-3-13/h4-5,8-10,12-13,21,26-27H,2-3,6-7,11H2,1H3/b14-10+,26-9?. The third kappa shape index (κ3) is 3.65. The monoisotopic (exact) mass is 451 g/mol. The molecule has 170 valence electrons. The van der Waals surface area contributed by atoms with Gasteiger partial charge in [0.25, 0.3) is 6.43 Å². The number of hydrogen-bond donors (Lipinski definition) is 2. The SMILES string of the molecule is CN/C=C(\C=N)c1nc2nccc(-c3nc(C4CC4)n4c3CN(C=O)CC4)c2cc1C(F)F. The van der Waals surface area contributed by atoms with E-state index in [1.54, 1.807) is 24.2 Å². The largest absolute Gasteiger partial charge is 0.393 e. The summed E-state index contributed by atoms with van der Waals surface area (Å²) in [7, 11) is 1.63. The van der Waals surface area contributed by atoms with Crippen LogP contribution in [0.2, 0.25) is 0 Å². The average molecular weight is 451 g/mol. The number of carbonyl (C=O) groups is 1. The lowest BCUT2D eigenvalue weighted by Crippen LogP contribution is -2.33. The van der Waals surface area contributed by atoms with Gasteiger partial charge in [-0.05, 0) is 25.0 Å². The Hall–Kier alpha value is -3.69. The first-order valence-corrected chi connectivity index (χ1v) is 10.8. The Bertz CT molecular complexity index is 1280. The van der Waals surface area contributed by atoms with Gasteiger partial charge >= 0.3 is 0 Å². The van der Waals surface area contributed by atoms with Gasteiger partial charge < -0.3 is 20.2 Å². The molecule has 0 saturated heterocycles. The molecule has 3 aromatic heterocycles. The van der Waals surface area contributed by atoms with Gasteiger partial charge in [-0.3, -0.25) is 4.79 Å². The van der Waals surface area contributed by atoms with Gasteiger partial charge in [0, 0.05) is 66.8 Å².